The molecule has 1 aliphatic heterocycles. The van der Waals surface area contributed by atoms with Gasteiger partial charge in [-0.05, 0) is 33.2 Å². The zero-order chi connectivity index (χ0) is 15.9. The molecule has 1 atom stereocenters. The summed E-state index contributed by atoms with van der Waals surface area (Å²) in [7, 11) is 3.98. The Bertz CT molecular complexity index is 647. The second-order valence-corrected chi connectivity index (χ2v) is 7.39. The molecule has 1 fully saturated rings. The Labute approximate surface area is 139 Å². The van der Waals surface area contributed by atoms with Gasteiger partial charge in [-0.2, -0.15) is 0 Å². The van der Waals surface area contributed by atoms with Crippen LogP contribution < -0.4 is 4.90 Å². The molecule has 0 bridgehead atoms. The van der Waals surface area contributed by atoms with E-state index in [1.54, 1.807) is 11.3 Å². The Kier molecular flexibility index (Phi) is 4.43. The monoisotopic (exact) mass is 340 g/mol. The van der Waals surface area contributed by atoms with E-state index in [1.807, 2.05) is 32.8 Å². The Morgan fingerprint density at radius 1 is 1.41 bits per heavy atom. The average Bonchev–Trinajstić information content (AvgIpc) is 3.13. The molecule has 0 radical (unpaired) electrons. The molecule has 3 heterocycles. The van der Waals surface area contributed by atoms with Crippen molar-refractivity contribution in [2.75, 3.05) is 25.5 Å². The largest absolute Gasteiger partial charge is 0.361 e. The smallest absolute Gasteiger partial charge is 0.186 e. The van der Waals surface area contributed by atoms with E-state index in [1.165, 1.54) is 12.0 Å². The van der Waals surface area contributed by atoms with E-state index in [9.17, 15) is 0 Å². The van der Waals surface area contributed by atoms with E-state index in [-0.39, 0.29) is 0 Å². The van der Waals surface area contributed by atoms with Gasteiger partial charge < -0.3 is 9.42 Å². The van der Waals surface area contributed by atoms with Gasteiger partial charge in [0.15, 0.2) is 5.13 Å². The number of hydrogen-bond donors (Lipinski definition) is 0. The van der Waals surface area contributed by atoms with Gasteiger partial charge in [0.1, 0.15) is 10.9 Å². The number of aryl methyl sites for hydroxylation is 2. The molecule has 3 rings (SSSR count). The van der Waals surface area contributed by atoms with Gasteiger partial charge in [0.2, 0.25) is 0 Å². The molecule has 2 aromatic rings. The minimum atomic E-state index is 0.368. The molecule has 0 saturated carbocycles. The fourth-order valence-corrected chi connectivity index (χ4v) is 4.31. The fourth-order valence-electron chi connectivity index (χ4n) is 3.10. The van der Waals surface area contributed by atoms with Gasteiger partial charge in [-0.15, -0.1) is 0 Å². The first-order chi connectivity index (χ1) is 10.5. The molecule has 22 heavy (non-hydrogen) atoms. The first kappa shape index (κ1) is 15.8. The summed E-state index contributed by atoms with van der Waals surface area (Å²) in [6, 6.07) is 0.368. The van der Waals surface area contributed by atoms with Gasteiger partial charge in [0, 0.05) is 32.2 Å². The summed E-state index contributed by atoms with van der Waals surface area (Å²) in [5.74, 6) is 0.929. The third-order valence-electron chi connectivity index (χ3n) is 4.15. The number of nitrogens with zero attached hydrogens (tertiary/aromatic N) is 4. The van der Waals surface area contributed by atoms with Crippen LogP contribution in [0.25, 0.3) is 0 Å². The van der Waals surface area contributed by atoms with E-state index in [0.29, 0.717) is 11.2 Å². The van der Waals surface area contributed by atoms with Crippen LogP contribution in [0.3, 0.4) is 0 Å². The Balaban J connectivity index is 1.83. The van der Waals surface area contributed by atoms with Crippen molar-refractivity contribution >= 4 is 28.1 Å². The van der Waals surface area contributed by atoms with Crippen LogP contribution in [0, 0.1) is 13.8 Å². The van der Waals surface area contributed by atoms with Crippen molar-refractivity contribution in [3.05, 3.63) is 27.0 Å². The van der Waals surface area contributed by atoms with Gasteiger partial charge in [0.25, 0.3) is 0 Å². The minimum Gasteiger partial charge on any atom is -0.361 e. The van der Waals surface area contributed by atoms with Crippen molar-refractivity contribution in [3.8, 4) is 0 Å². The Morgan fingerprint density at radius 3 is 2.77 bits per heavy atom. The zero-order valence-corrected chi connectivity index (χ0v) is 15.0. The second-order valence-electron chi connectivity index (χ2n) is 5.97. The number of anilines is 1. The number of rotatable bonds is 4. The maximum Gasteiger partial charge on any atom is 0.186 e. The summed E-state index contributed by atoms with van der Waals surface area (Å²) in [4.78, 5) is 10.0. The number of aromatic nitrogens is 2. The molecule has 0 amide bonds. The van der Waals surface area contributed by atoms with Crippen molar-refractivity contribution in [1.82, 2.24) is 15.0 Å². The molecule has 5 nitrogen and oxygen atoms in total. The molecular weight excluding hydrogens is 320 g/mol. The second kappa shape index (κ2) is 6.18. The van der Waals surface area contributed by atoms with Crippen molar-refractivity contribution in [2.24, 2.45) is 0 Å². The summed E-state index contributed by atoms with van der Waals surface area (Å²) in [6.07, 6.45) is 2.32. The lowest BCUT2D eigenvalue weighted by molar-refractivity contribution is 0.247. The van der Waals surface area contributed by atoms with E-state index in [2.05, 4.69) is 15.0 Å². The van der Waals surface area contributed by atoms with Crippen molar-refractivity contribution in [2.45, 2.75) is 39.3 Å². The van der Waals surface area contributed by atoms with Crippen LogP contribution in [-0.2, 0) is 6.54 Å². The van der Waals surface area contributed by atoms with Gasteiger partial charge in [-0.1, -0.05) is 28.1 Å². The number of thiazole rings is 1. The first-order valence-corrected chi connectivity index (χ1v) is 8.66. The van der Waals surface area contributed by atoms with Gasteiger partial charge in [-0.25, -0.2) is 4.98 Å². The third-order valence-corrected chi connectivity index (χ3v) is 5.79. The SMILES string of the molecule is Cc1noc(C)c1C1CCCN1Cc1sc(N(C)C)nc1Cl. The van der Waals surface area contributed by atoms with Gasteiger partial charge >= 0.3 is 0 Å². The summed E-state index contributed by atoms with van der Waals surface area (Å²) < 4.78 is 5.35. The molecular formula is C15H21ClN4OS. The molecule has 0 aliphatic carbocycles. The van der Waals surface area contributed by atoms with Crippen molar-refractivity contribution in [1.29, 1.82) is 0 Å². The molecule has 1 aliphatic rings. The number of hydrogen-bond acceptors (Lipinski definition) is 6. The molecule has 7 heteroatoms. The lowest BCUT2D eigenvalue weighted by Gasteiger charge is -2.23. The van der Waals surface area contributed by atoms with Crippen LogP contribution in [-0.4, -0.2) is 35.7 Å². The molecule has 0 spiro atoms. The summed E-state index contributed by atoms with van der Waals surface area (Å²) in [5, 5.41) is 5.68. The van der Waals surface area contributed by atoms with E-state index >= 15 is 0 Å². The number of halogens is 1. The van der Waals surface area contributed by atoms with Crippen LogP contribution in [0.1, 0.15) is 40.8 Å². The molecule has 2 aromatic heterocycles. The lowest BCUT2D eigenvalue weighted by Crippen LogP contribution is -2.23. The van der Waals surface area contributed by atoms with E-state index in [0.717, 1.165) is 41.0 Å². The molecule has 1 unspecified atom stereocenters. The highest BCUT2D eigenvalue weighted by Crippen LogP contribution is 2.38. The predicted molar refractivity (Wildman–Crippen MR) is 89.8 cm³/mol. The lowest BCUT2D eigenvalue weighted by atomic mass is 10.0. The third kappa shape index (κ3) is 2.87. The highest BCUT2D eigenvalue weighted by Gasteiger charge is 2.31. The number of likely N-dealkylation sites (tertiary alicyclic amines) is 1. The highest BCUT2D eigenvalue weighted by atomic mass is 35.5. The quantitative estimate of drug-likeness (QED) is 0.847. The topological polar surface area (TPSA) is 45.4 Å². The van der Waals surface area contributed by atoms with Gasteiger partial charge in [-0.3, -0.25) is 4.90 Å². The van der Waals surface area contributed by atoms with Crippen LogP contribution in [0.5, 0.6) is 0 Å². The average molecular weight is 341 g/mol. The van der Waals surface area contributed by atoms with Crippen LogP contribution >= 0.6 is 22.9 Å². The molecule has 1 saturated heterocycles. The normalized spacial score (nSPS) is 19.0. The summed E-state index contributed by atoms with van der Waals surface area (Å²) in [5.41, 5.74) is 2.24. The standard InChI is InChI=1S/C15H21ClN4OS/c1-9-13(10(2)21-18-9)11-6-5-7-20(11)8-12-14(16)17-15(22-12)19(3)4/h11H,5-8H2,1-4H3. The molecule has 0 N–H and O–H groups in total. The maximum absolute atomic E-state index is 6.32. The highest BCUT2D eigenvalue weighted by molar-refractivity contribution is 7.16. The zero-order valence-electron chi connectivity index (χ0n) is 13.4. The van der Waals surface area contributed by atoms with Gasteiger partial charge in [0.05, 0.1) is 10.6 Å². The minimum absolute atomic E-state index is 0.368. The van der Waals surface area contributed by atoms with Crippen molar-refractivity contribution in [3.63, 3.8) is 0 Å². The van der Waals surface area contributed by atoms with Crippen LogP contribution in [0.15, 0.2) is 4.52 Å². The molecule has 0 aromatic carbocycles. The van der Waals surface area contributed by atoms with Crippen molar-refractivity contribution < 1.29 is 4.52 Å². The molecule has 120 valence electrons. The summed E-state index contributed by atoms with van der Waals surface area (Å²) in [6.45, 7) is 5.92. The van der Waals surface area contributed by atoms with Crippen LogP contribution in [0.2, 0.25) is 5.15 Å². The summed E-state index contributed by atoms with van der Waals surface area (Å²) >= 11 is 7.98. The van der Waals surface area contributed by atoms with E-state index < -0.39 is 0 Å². The maximum atomic E-state index is 6.32. The predicted octanol–water partition coefficient (Wildman–Crippen LogP) is 3.80. The fraction of sp³-hybridized carbons (Fsp3) is 0.600. The van der Waals surface area contributed by atoms with E-state index in [4.69, 9.17) is 16.1 Å². The Hall–Kier alpha value is -1.11. The first-order valence-electron chi connectivity index (χ1n) is 7.46. The Morgan fingerprint density at radius 2 is 2.18 bits per heavy atom. The van der Waals surface area contributed by atoms with Crippen LogP contribution in [0.4, 0.5) is 5.13 Å².